The van der Waals surface area contributed by atoms with Gasteiger partial charge in [-0.1, -0.05) is 6.07 Å². The fourth-order valence-electron chi connectivity index (χ4n) is 1.79. The van der Waals surface area contributed by atoms with E-state index in [9.17, 15) is 13.6 Å². The molecule has 6 heteroatoms. The van der Waals surface area contributed by atoms with Crippen molar-refractivity contribution < 1.29 is 18.3 Å². The van der Waals surface area contributed by atoms with E-state index in [1.165, 1.54) is 19.2 Å². The van der Waals surface area contributed by atoms with Gasteiger partial charge in [0.05, 0.1) is 12.7 Å². The van der Waals surface area contributed by atoms with Crippen LogP contribution >= 0.6 is 0 Å². The minimum atomic E-state index is -0.714. The van der Waals surface area contributed by atoms with E-state index >= 15 is 0 Å². The first-order chi connectivity index (χ1) is 10.0. The molecule has 0 aliphatic heterocycles. The largest absolute Gasteiger partial charge is 0.497 e. The quantitative estimate of drug-likeness (QED) is 0.851. The third kappa shape index (κ3) is 3.47. The van der Waals surface area contributed by atoms with Crippen molar-refractivity contribution in [3.05, 3.63) is 59.2 Å². The number of nitrogens with one attached hydrogen (secondary N) is 1. The van der Waals surface area contributed by atoms with Crippen molar-refractivity contribution in [1.29, 1.82) is 0 Å². The van der Waals surface area contributed by atoms with E-state index in [-0.39, 0.29) is 23.4 Å². The molecule has 1 amide bonds. The number of anilines is 1. The normalized spacial score (nSPS) is 10.2. The molecule has 0 unspecified atom stereocenters. The molecule has 21 heavy (non-hydrogen) atoms. The number of halogens is 2. The van der Waals surface area contributed by atoms with Crippen LogP contribution in [0.1, 0.15) is 15.9 Å². The van der Waals surface area contributed by atoms with Crippen molar-refractivity contribution in [2.45, 2.75) is 6.54 Å². The second kappa shape index (κ2) is 6.21. The number of carbonyl (C=O) groups is 1. The fourth-order valence-corrected chi connectivity index (χ4v) is 1.79. The molecule has 110 valence electrons. The fraction of sp³-hybridized carbons (Fsp3) is 0.133. The molecule has 0 saturated carbocycles. The topological polar surface area (TPSA) is 64.3 Å². The molecule has 3 N–H and O–H groups in total. The lowest BCUT2D eigenvalue weighted by molar-refractivity contribution is 0.0951. The van der Waals surface area contributed by atoms with E-state index in [1.54, 1.807) is 12.1 Å². The second-order valence-corrected chi connectivity index (χ2v) is 4.37. The van der Waals surface area contributed by atoms with Crippen molar-refractivity contribution >= 4 is 11.6 Å². The van der Waals surface area contributed by atoms with Gasteiger partial charge in [-0.15, -0.1) is 0 Å². The van der Waals surface area contributed by atoms with Crippen molar-refractivity contribution in [2.75, 3.05) is 12.8 Å². The summed E-state index contributed by atoms with van der Waals surface area (Å²) in [6.07, 6.45) is 0. The first-order valence-electron chi connectivity index (χ1n) is 6.17. The molecule has 2 rings (SSSR count). The smallest absolute Gasteiger partial charge is 0.253 e. The van der Waals surface area contributed by atoms with Gasteiger partial charge in [-0.25, -0.2) is 8.78 Å². The average Bonchev–Trinajstić information content (AvgIpc) is 2.46. The Morgan fingerprint density at radius 3 is 2.67 bits per heavy atom. The lowest BCUT2D eigenvalue weighted by Crippen LogP contribution is -2.24. The zero-order valence-corrected chi connectivity index (χ0v) is 11.3. The van der Waals surface area contributed by atoms with Crippen LogP contribution in [-0.4, -0.2) is 13.0 Å². The summed E-state index contributed by atoms with van der Waals surface area (Å²) < 4.78 is 31.3. The number of carbonyl (C=O) groups excluding carboxylic acids is 1. The van der Waals surface area contributed by atoms with Crippen molar-refractivity contribution in [3.8, 4) is 5.75 Å². The molecule has 0 bridgehead atoms. The number of methoxy groups -OCH3 is 1. The van der Waals surface area contributed by atoms with E-state index in [4.69, 9.17) is 10.5 Å². The van der Waals surface area contributed by atoms with E-state index in [2.05, 4.69) is 5.32 Å². The van der Waals surface area contributed by atoms with E-state index in [1.807, 2.05) is 0 Å². The molecule has 4 nitrogen and oxygen atoms in total. The lowest BCUT2D eigenvalue weighted by Gasteiger charge is -2.10. The Kier molecular flexibility index (Phi) is 4.37. The van der Waals surface area contributed by atoms with Crippen LogP contribution in [0.2, 0.25) is 0 Å². The highest BCUT2D eigenvalue weighted by atomic mass is 19.1. The molecule has 0 radical (unpaired) electrons. The lowest BCUT2D eigenvalue weighted by atomic mass is 10.1. The third-order valence-electron chi connectivity index (χ3n) is 2.96. The molecule has 0 aliphatic rings. The number of ether oxygens (including phenoxy) is 1. The Morgan fingerprint density at radius 1 is 1.24 bits per heavy atom. The standard InChI is InChI=1S/C15H14F2N2O2/c1-21-11-4-5-14(18)12(7-11)15(20)19-8-9-2-3-10(16)6-13(9)17/h2-7H,8,18H2,1H3,(H,19,20). The highest BCUT2D eigenvalue weighted by molar-refractivity contribution is 5.99. The van der Waals surface area contributed by atoms with Crippen molar-refractivity contribution in [2.24, 2.45) is 0 Å². The summed E-state index contributed by atoms with van der Waals surface area (Å²) in [7, 11) is 1.47. The third-order valence-corrected chi connectivity index (χ3v) is 2.96. The molecule has 0 atom stereocenters. The number of benzene rings is 2. The van der Waals surface area contributed by atoms with Gasteiger partial charge in [-0.3, -0.25) is 4.79 Å². The van der Waals surface area contributed by atoms with E-state index in [0.717, 1.165) is 12.1 Å². The van der Waals surface area contributed by atoms with Gasteiger partial charge in [0.2, 0.25) is 0 Å². The number of amides is 1. The maximum absolute atomic E-state index is 13.5. The summed E-state index contributed by atoms with van der Waals surface area (Å²) in [6, 6.07) is 7.84. The van der Waals surface area contributed by atoms with Gasteiger partial charge in [0, 0.05) is 23.9 Å². The average molecular weight is 292 g/mol. The summed E-state index contributed by atoms with van der Waals surface area (Å²) in [5.41, 5.74) is 6.43. The first-order valence-corrected chi connectivity index (χ1v) is 6.17. The SMILES string of the molecule is COc1ccc(N)c(C(=O)NCc2ccc(F)cc2F)c1. The van der Waals surface area contributed by atoms with Gasteiger partial charge < -0.3 is 15.8 Å². The monoisotopic (exact) mass is 292 g/mol. The van der Waals surface area contributed by atoms with Gasteiger partial charge in [-0.2, -0.15) is 0 Å². The zero-order valence-electron chi connectivity index (χ0n) is 11.3. The maximum atomic E-state index is 13.5. The summed E-state index contributed by atoms with van der Waals surface area (Å²) in [5, 5.41) is 2.53. The summed E-state index contributed by atoms with van der Waals surface area (Å²) in [5.74, 6) is -1.36. The van der Waals surface area contributed by atoms with Gasteiger partial charge in [-0.05, 0) is 24.3 Å². The van der Waals surface area contributed by atoms with Crippen LogP contribution in [0.5, 0.6) is 5.75 Å². The Balaban J connectivity index is 2.11. The molecule has 0 heterocycles. The Bertz CT molecular complexity index is 675. The molecular weight excluding hydrogens is 278 g/mol. The van der Waals surface area contributed by atoms with Gasteiger partial charge >= 0.3 is 0 Å². The molecule has 0 aromatic heterocycles. The van der Waals surface area contributed by atoms with E-state index in [0.29, 0.717) is 5.75 Å². The number of rotatable bonds is 4. The molecule has 0 aliphatic carbocycles. The van der Waals surface area contributed by atoms with Crippen LogP contribution in [0, 0.1) is 11.6 Å². The van der Waals surface area contributed by atoms with Crippen LogP contribution in [0.4, 0.5) is 14.5 Å². The molecule has 0 spiro atoms. The van der Waals surface area contributed by atoms with Crippen LogP contribution in [0.15, 0.2) is 36.4 Å². The highest BCUT2D eigenvalue weighted by Gasteiger charge is 2.12. The van der Waals surface area contributed by atoms with Gasteiger partial charge in [0.25, 0.3) is 5.91 Å². The Labute approximate surface area is 120 Å². The number of hydrogen-bond acceptors (Lipinski definition) is 3. The van der Waals surface area contributed by atoms with Crippen LogP contribution < -0.4 is 15.8 Å². The predicted molar refractivity (Wildman–Crippen MR) is 74.9 cm³/mol. The second-order valence-electron chi connectivity index (χ2n) is 4.37. The van der Waals surface area contributed by atoms with Crippen LogP contribution in [0.3, 0.4) is 0 Å². The van der Waals surface area contributed by atoms with Crippen molar-refractivity contribution in [3.63, 3.8) is 0 Å². The van der Waals surface area contributed by atoms with Gasteiger partial charge in [0.1, 0.15) is 17.4 Å². The molecular formula is C15H14F2N2O2. The summed E-state index contributed by atoms with van der Waals surface area (Å²) >= 11 is 0. The number of nitrogens with two attached hydrogens (primary N) is 1. The van der Waals surface area contributed by atoms with Crippen molar-refractivity contribution in [1.82, 2.24) is 5.32 Å². The molecule has 2 aromatic rings. The van der Waals surface area contributed by atoms with E-state index < -0.39 is 17.5 Å². The Hall–Kier alpha value is -2.63. The highest BCUT2D eigenvalue weighted by Crippen LogP contribution is 2.19. The number of nitrogen functional groups attached to an aromatic ring is 1. The zero-order chi connectivity index (χ0) is 15.4. The minimum Gasteiger partial charge on any atom is -0.497 e. The predicted octanol–water partition coefficient (Wildman–Crippen LogP) is 2.49. The Morgan fingerprint density at radius 2 is 2.00 bits per heavy atom. The van der Waals surface area contributed by atoms with Crippen LogP contribution in [-0.2, 0) is 6.54 Å². The maximum Gasteiger partial charge on any atom is 0.253 e. The number of hydrogen-bond donors (Lipinski definition) is 2. The molecule has 2 aromatic carbocycles. The van der Waals surface area contributed by atoms with Crippen LogP contribution in [0.25, 0.3) is 0 Å². The molecule has 0 saturated heterocycles. The first kappa shape index (κ1) is 14.8. The summed E-state index contributed by atoms with van der Waals surface area (Å²) in [4.78, 5) is 12.0. The van der Waals surface area contributed by atoms with Gasteiger partial charge in [0.15, 0.2) is 0 Å². The molecule has 0 fully saturated rings. The summed E-state index contributed by atoms with van der Waals surface area (Å²) in [6.45, 7) is -0.0679. The minimum absolute atomic E-state index is 0.0679.